The van der Waals surface area contributed by atoms with Crippen LogP contribution in [0.5, 0.6) is 0 Å². The summed E-state index contributed by atoms with van der Waals surface area (Å²) in [4.78, 5) is 0.379. The minimum atomic E-state index is -3.45. The van der Waals surface area contributed by atoms with Gasteiger partial charge in [0.2, 0.25) is 10.0 Å². The third-order valence-electron chi connectivity index (χ3n) is 5.69. The lowest BCUT2D eigenvalue weighted by Crippen LogP contribution is -2.39. The summed E-state index contributed by atoms with van der Waals surface area (Å²) < 4.78 is 35.2. The quantitative estimate of drug-likeness (QED) is 0.882. The van der Waals surface area contributed by atoms with Gasteiger partial charge in [-0.25, -0.2) is 8.42 Å². The first-order valence-corrected chi connectivity index (χ1v) is 10.5. The monoisotopic (exact) mass is 374 g/mol. The fraction of sp³-hybridized carbons (Fsp3) is 0.500. The predicted molar refractivity (Wildman–Crippen MR) is 94.7 cm³/mol. The van der Waals surface area contributed by atoms with Crippen molar-refractivity contribution in [1.82, 2.24) is 19.4 Å². The normalized spacial score (nSPS) is 21.1. The van der Waals surface area contributed by atoms with Crippen molar-refractivity contribution in [1.29, 1.82) is 0 Å². The van der Waals surface area contributed by atoms with E-state index in [0.717, 1.165) is 37.1 Å². The van der Waals surface area contributed by atoms with Gasteiger partial charge in [0, 0.05) is 31.7 Å². The molecule has 1 N–H and O–H groups in total. The highest BCUT2D eigenvalue weighted by molar-refractivity contribution is 7.89. The maximum absolute atomic E-state index is 13.0. The minimum Gasteiger partial charge on any atom is -0.372 e. The van der Waals surface area contributed by atoms with Crippen LogP contribution in [-0.4, -0.2) is 35.6 Å². The van der Waals surface area contributed by atoms with E-state index in [9.17, 15) is 8.42 Å². The first-order valence-electron chi connectivity index (χ1n) is 9.08. The molecule has 4 heterocycles. The van der Waals surface area contributed by atoms with E-state index in [0.29, 0.717) is 31.2 Å². The number of rotatable bonds is 3. The number of aromatic nitrogens is 2. The zero-order valence-electron chi connectivity index (χ0n) is 14.5. The summed E-state index contributed by atoms with van der Waals surface area (Å²) in [7, 11) is -3.45. The number of ether oxygens (including phenoxy) is 1. The third-order valence-corrected chi connectivity index (χ3v) is 7.59. The maximum atomic E-state index is 13.0. The molecule has 3 aliphatic heterocycles. The molecular formula is C18H22N4O3S. The summed E-state index contributed by atoms with van der Waals surface area (Å²) in [5, 5.41) is 7.89. The van der Waals surface area contributed by atoms with Crippen molar-refractivity contribution in [2.24, 2.45) is 0 Å². The van der Waals surface area contributed by atoms with Gasteiger partial charge in [-0.15, -0.1) is 0 Å². The molecule has 0 radical (unpaired) electrons. The van der Waals surface area contributed by atoms with Gasteiger partial charge in [-0.3, -0.25) is 4.68 Å². The van der Waals surface area contributed by atoms with Gasteiger partial charge in [-0.05, 0) is 36.1 Å². The van der Waals surface area contributed by atoms with Crippen molar-refractivity contribution in [3.63, 3.8) is 0 Å². The molecule has 0 amide bonds. The molecule has 0 bridgehead atoms. The molecule has 138 valence electrons. The number of sulfonamides is 1. The molecule has 1 fully saturated rings. The Morgan fingerprint density at radius 2 is 1.88 bits per heavy atom. The number of hydrogen-bond acceptors (Lipinski definition) is 5. The first kappa shape index (κ1) is 16.4. The Kier molecular flexibility index (Phi) is 3.89. The number of nitrogens with one attached hydrogen (secondary N) is 1. The van der Waals surface area contributed by atoms with E-state index in [-0.39, 0.29) is 6.04 Å². The summed E-state index contributed by atoms with van der Waals surface area (Å²) in [6.45, 7) is 3.87. The predicted octanol–water partition coefficient (Wildman–Crippen LogP) is 1.54. The summed E-state index contributed by atoms with van der Waals surface area (Å²) in [6.07, 6.45) is 3.52. The van der Waals surface area contributed by atoms with Crippen LogP contribution in [0.25, 0.3) is 0 Å². The van der Waals surface area contributed by atoms with E-state index < -0.39 is 10.0 Å². The van der Waals surface area contributed by atoms with Crippen LogP contribution >= 0.6 is 0 Å². The lowest BCUT2D eigenvalue weighted by Gasteiger charge is -2.32. The average molecular weight is 374 g/mol. The second-order valence-corrected chi connectivity index (χ2v) is 9.16. The molecule has 5 rings (SSSR count). The highest BCUT2D eigenvalue weighted by Gasteiger charge is 2.32. The molecule has 8 heteroatoms. The van der Waals surface area contributed by atoms with E-state index in [1.165, 1.54) is 11.3 Å². The van der Waals surface area contributed by atoms with Crippen LogP contribution in [0, 0.1) is 0 Å². The van der Waals surface area contributed by atoms with Gasteiger partial charge in [-0.2, -0.15) is 9.40 Å². The number of hydrogen-bond donors (Lipinski definition) is 1. The fourth-order valence-corrected chi connectivity index (χ4v) is 5.70. The van der Waals surface area contributed by atoms with E-state index in [1.54, 1.807) is 16.4 Å². The Bertz CT molecular complexity index is 945. The zero-order chi connectivity index (χ0) is 17.7. The van der Waals surface area contributed by atoms with Crippen molar-refractivity contribution < 1.29 is 13.2 Å². The molecule has 2 aromatic rings. The Balaban J connectivity index is 1.33. The summed E-state index contributed by atoms with van der Waals surface area (Å²) >= 11 is 0. The fourth-order valence-electron chi connectivity index (χ4n) is 4.18. The number of fused-ring (bicyclic) bond motifs is 2. The topological polar surface area (TPSA) is 76.5 Å². The number of piperidine rings is 1. The van der Waals surface area contributed by atoms with Gasteiger partial charge in [0.1, 0.15) is 0 Å². The molecular weight excluding hydrogens is 352 g/mol. The highest BCUT2D eigenvalue weighted by Crippen LogP contribution is 2.30. The average Bonchev–Trinajstić information content (AvgIpc) is 3.37. The molecule has 0 unspecified atom stereocenters. The Hall–Kier alpha value is -1.74. The maximum Gasteiger partial charge on any atom is 0.243 e. The van der Waals surface area contributed by atoms with Crippen LogP contribution in [0.4, 0.5) is 0 Å². The van der Waals surface area contributed by atoms with Gasteiger partial charge in [0.25, 0.3) is 0 Å². The molecule has 26 heavy (non-hydrogen) atoms. The molecule has 0 atom stereocenters. The van der Waals surface area contributed by atoms with Gasteiger partial charge in [-0.1, -0.05) is 6.07 Å². The van der Waals surface area contributed by atoms with Crippen molar-refractivity contribution in [2.75, 3.05) is 13.1 Å². The first-order chi connectivity index (χ1) is 12.6. The Morgan fingerprint density at radius 1 is 1.08 bits per heavy atom. The third kappa shape index (κ3) is 2.60. The lowest BCUT2D eigenvalue weighted by molar-refractivity contribution is 0.134. The molecule has 0 aliphatic carbocycles. The second kappa shape index (κ2) is 6.16. The number of nitrogens with zero attached hydrogens (tertiary/aromatic N) is 3. The van der Waals surface area contributed by atoms with E-state index >= 15 is 0 Å². The molecule has 1 saturated heterocycles. The van der Waals surface area contributed by atoms with Crippen LogP contribution < -0.4 is 5.32 Å². The molecule has 0 saturated carbocycles. The van der Waals surface area contributed by atoms with Crippen LogP contribution in [-0.2, 0) is 41.1 Å². The molecule has 7 nitrogen and oxygen atoms in total. The summed E-state index contributed by atoms with van der Waals surface area (Å²) in [5.41, 5.74) is 4.59. The van der Waals surface area contributed by atoms with Crippen molar-refractivity contribution in [3.8, 4) is 0 Å². The summed E-state index contributed by atoms with van der Waals surface area (Å²) in [6, 6.07) is 5.64. The van der Waals surface area contributed by atoms with Crippen LogP contribution in [0.2, 0.25) is 0 Å². The zero-order valence-corrected chi connectivity index (χ0v) is 15.3. The lowest BCUT2D eigenvalue weighted by atomic mass is 10.1. The molecule has 0 spiro atoms. The molecule has 1 aromatic heterocycles. The van der Waals surface area contributed by atoms with E-state index in [1.807, 2.05) is 12.3 Å². The van der Waals surface area contributed by atoms with Crippen molar-refractivity contribution in [2.45, 2.75) is 50.1 Å². The smallest absolute Gasteiger partial charge is 0.243 e. The van der Waals surface area contributed by atoms with Gasteiger partial charge in [0.15, 0.2) is 0 Å². The Morgan fingerprint density at radius 3 is 2.73 bits per heavy atom. The van der Waals surface area contributed by atoms with Crippen LogP contribution in [0.15, 0.2) is 29.3 Å². The highest BCUT2D eigenvalue weighted by atomic mass is 32.2. The number of benzene rings is 1. The van der Waals surface area contributed by atoms with Gasteiger partial charge < -0.3 is 10.1 Å². The molecule has 3 aliphatic rings. The SMILES string of the molecule is O=S(=O)(c1ccc2c(c1)COC2)N1CCC(n2ncc3c2CNC3)CC1. The second-order valence-electron chi connectivity index (χ2n) is 7.22. The standard InChI is InChI=1S/C18H22N4O3S/c23-26(24,17-2-1-13-11-25-12-14(13)7-17)21-5-3-16(4-6-21)22-18-10-19-8-15(18)9-20-22/h1-2,7,9,16,19H,3-6,8,10-12H2. The summed E-state index contributed by atoms with van der Waals surface area (Å²) in [5.74, 6) is 0. The minimum absolute atomic E-state index is 0.276. The van der Waals surface area contributed by atoms with Crippen LogP contribution in [0.3, 0.4) is 0 Å². The Labute approximate surface area is 153 Å². The van der Waals surface area contributed by atoms with Gasteiger partial charge >= 0.3 is 0 Å². The van der Waals surface area contributed by atoms with Gasteiger partial charge in [0.05, 0.1) is 36.0 Å². The van der Waals surface area contributed by atoms with E-state index in [2.05, 4.69) is 15.1 Å². The van der Waals surface area contributed by atoms with Crippen molar-refractivity contribution >= 4 is 10.0 Å². The van der Waals surface area contributed by atoms with Crippen LogP contribution in [0.1, 0.15) is 41.3 Å². The van der Waals surface area contributed by atoms with E-state index in [4.69, 9.17) is 4.74 Å². The van der Waals surface area contributed by atoms with Crippen molar-refractivity contribution in [3.05, 3.63) is 46.8 Å². The molecule has 1 aromatic carbocycles. The largest absolute Gasteiger partial charge is 0.372 e.